The van der Waals surface area contributed by atoms with Crippen molar-refractivity contribution in [2.45, 2.75) is 137 Å². The highest BCUT2D eigenvalue weighted by atomic mass is 32.2. The third-order valence-electron chi connectivity index (χ3n) is 16.1. The lowest BCUT2D eigenvalue weighted by atomic mass is 9.41. The summed E-state index contributed by atoms with van der Waals surface area (Å²) in [6.07, 6.45) is 11.3. The molecule has 6 aliphatic rings. The van der Waals surface area contributed by atoms with Gasteiger partial charge in [0.2, 0.25) is 10.0 Å². The molecule has 13 atom stereocenters. The van der Waals surface area contributed by atoms with Crippen LogP contribution in [0.25, 0.3) is 0 Å². The average Bonchev–Trinajstić information content (AvgIpc) is 3.32. The molecule has 0 saturated heterocycles. The van der Waals surface area contributed by atoms with Crippen LogP contribution in [0, 0.1) is 69.0 Å². The maximum atomic E-state index is 13.2. The van der Waals surface area contributed by atoms with Gasteiger partial charge in [0.1, 0.15) is 5.78 Å². The molecule has 2 amide bonds. The van der Waals surface area contributed by atoms with Crippen LogP contribution in [0.2, 0.25) is 0 Å². The van der Waals surface area contributed by atoms with Gasteiger partial charge in [-0.2, -0.15) is 0 Å². The van der Waals surface area contributed by atoms with Gasteiger partial charge in [0.05, 0.1) is 23.4 Å². The fourth-order valence-corrected chi connectivity index (χ4v) is 15.2. The second-order valence-electron chi connectivity index (χ2n) is 18.0. The van der Waals surface area contributed by atoms with Gasteiger partial charge in [-0.3, -0.25) is 4.79 Å². The van der Waals surface area contributed by atoms with Crippen LogP contribution in [-0.2, 0) is 14.8 Å². The van der Waals surface area contributed by atoms with Crippen molar-refractivity contribution in [1.29, 1.82) is 0 Å². The first kappa shape index (κ1) is 34.7. The second-order valence-corrected chi connectivity index (χ2v) is 19.7. The molecule has 0 aromatic carbocycles. The molecule has 8 nitrogen and oxygen atoms in total. The predicted octanol–water partition coefficient (Wildman–Crippen LogP) is 6.05. The van der Waals surface area contributed by atoms with E-state index in [0.717, 1.165) is 70.6 Å². The van der Waals surface area contributed by atoms with Crippen molar-refractivity contribution in [2.75, 3.05) is 12.3 Å². The molecular weight excluding hydrogens is 600 g/mol. The van der Waals surface area contributed by atoms with Crippen LogP contribution in [0.15, 0.2) is 0 Å². The summed E-state index contributed by atoms with van der Waals surface area (Å²) < 4.78 is 28.6. The monoisotopic (exact) mass is 662 g/mol. The Labute approximate surface area is 278 Å². The number of sulfonamides is 1. The van der Waals surface area contributed by atoms with E-state index < -0.39 is 21.5 Å². The normalized spacial score (nSPS) is 47.0. The van der Waals surface area contributed by atoms with Gasteiger partial charge < -0.3 is 15.5 Å². The molecule has 0 heterocycles. The highest BCUT2D eigenvalue weighted by Gasteiger charge is 2.65. The number of hydrogen-bond donors (Lipinski definition) is 4. The number of urea groups is 1. The van der Waals surface area contributed by atoms with Crippen molar-refractivity contribution < 1.29 is 28.2 Å². The molecule has 0 aromatic heterocycles. The summed E-state index contributed by atoms with van der Waals surface area (Å²) in [7, 11) is -3.98. The van der Waals surface area contributed by atoms with Crippen LogP contribution >= 0.6 is 0 Å². The minimum atomic E-state index is -3.98. The Hall–Kier alpha value is -1.19. The number of rotatable bonds is 8. The quantitative estimate of drug-likeness (QED) is 0.250. The number of aliphatic hydroxyl groups is 2. The van der Waals surface area contributed by atoms with Gasteiger partial charge in [0, 0.05) is 13.0 Å². The predicted molar refractivity (Wildman–Crippen MR) is 179 cm³/mol. The zero-order chi connectivity index (χ0) is 33.4. The largest absolute Gasteiger partial charge is 0.393 e. The smallest absolute Gasteiger partial charge is 0.328 e. The van der Waals surface area contributed by atoms with Gasteiger partial charge >= 0.3 is 6.03 Å². The molecule has 6 aliphatic carbocycles. The number of aliphatic hydroxyl groups excluding tert-OH is 2. The Morgan fingerprint density at radius 2 is 1.65 bits per heavy atom. The van der Waals surface area contributed by atoms with Crippen molar-refractivity contribution in [3.05, 3.63) is 0 Å². The number of carbonyl (C=O) groups is 2. The van der Waals surface area contributed by atoms with Crippen molar-refractivity contribution in [3.8, 4) is 0 Å². The van der Waals surface area contributed by atoms with Crippen molar-refractivity contribution in [2.24, 2.45) is 69.0 Å². The maximum absolute atomic E-state index is 13.2. The van der Waals surface area contributed by atoms with E-state index in [9.17, 15) is 28.2 Å². The molecule has 0 aliphatic heterocycles. The summed E-state index contributed by atoms with van der Waals surface area (Å²) >= 11 is 0. The van der Waals surface area contributed by atoms with E-state index in [-0.39, 0.29) is 51.8 Å². The summed E-state index contributed by atoms with van der Waals surface area (Å²) in [4.78, 5) is 25.9. The molecule has 6 rings (SSSR count). The number of carbonyl (C=O) groups excluding carboxylic acids is 2. The summed E-state index contributed by atoms with van der Waals surface area (Å²) in [6.45, 7) is 13.9. The van der Waals surface area contributed by atoms with Crippen LogP contribution in [0.5, 0.6) is 0 Å². The highest BCUT2D eigenvalue weighted by Crippen LogP contribution is 2.69. The zero-order valence-corrected chi connectivity index (χ0v) is 30.1. The molecule has 0 radical (unpaired) electrons. The standard InChI is InChI=1S/C37H62N2O6S/c1-7-25-29-20-24(40)12-16-36(29,6)28-13-17-35(5)26(10-11-27(35)31(28)32(25)42)22(2)14-18-38-33(43)39-46(44,45)21-37-15-8-9-23(19-30(37)41)34(37,3)4/h22-29,31-32,40,42H,7-21H2,1-6H3,(H2,38,39,43)/t22-,23?,24-,25-,26-,27+,28+,29+,31+,32-,35-,36-,37-/m1/s1. The number of hydrogen-bond acceptors (Lipinski definition) is 6. The first-order valence-electron chi connectivity index (χ1n) is 18.7. The average molecular weight is 663 g/mol. The lowest BCUT2D eigenvalue weighted by molar-refractivity contribution is -0.203. The van der Waals surface area contributed by atoms with Gasteiger partial charge in [0.25, 0.3) is 0 Å². The number of fused-ring (bicyclic) bond motifs is 7. The van der Waals surface area contributed by atoms with Crippen LogP contribution < -0.4 is 10.0 Å². The lowest BCUT2D eigenvalue weighted by Crippen LogP contribution is -2.62. The number of Topliss-reactive ketones (excluding diaryl/α,β-unsaturated/α-hetero) is 1. The van der Waals surface area contributed by atoms with Gasteiger partial charge in [-0.15, -0.1) is 0 Å². The number of nitrogens with one attached hydrogen (secondary N) is 2. The fourth-order valence-electron chi connectivity index (χ4n) is 13.4. The molecular formula is C37H62N2O6S. The third-order valence-corrected chi connectivity index (χ3v) is 17.5. The molecule has 6 fully saturated rings. The number of amides is 2. The summed E-state index contributed by atoms with van der Waals surface area (Å²) in [5.41, 5.74) is -0.976. The maximum Gasteiger partial charge on any atom is 0.328 e. The SMILES string of the molecule is CC[C@H]1[C@@H](O)[C@@H]2[C@H](CC[C@]3(C)[C@@H]([C@H](C)CCNC(=O)NS(=O)(=O)C[C@]45CCCC(CC4=O)C5(C)C)CC[C@@H]23)[C@@]2(C)CC[C@@H](O)C[C@@H]12. The molecule has 4 N–H and O–H groups in total. The van der Waals surface area contributed by atoms with Gasteiger partial charge in [-0.1, -0.05) is 54.4 Å². The topological polar surface area (TPSA) is 133 Å². The summed E-state index contributed by atoms with van der Waals surface area (Å²) in [6, 6.07) is -0.702. The Kier molecular flexibility index (Phi) is 9.04. The van der Waals surface area contributed by atoms with Gasteiger partial charge in [-0.25, -0.2) is 17.9 Å². The van der Waals surface area contributed by atoms with Crippen LogP contribution in [0.3, 0.4) is 0 Å². The molecule has 0 aromatic rings. The van der Waals surface area contributed by atoms with Crippen molar-refractivity contribution in [3.63, 3.8) is 0 Å². The molecule has 2 bridgehead atoms. The molecule has 6 saturated carbocycles. The van der Waals surface area contributed by atoms with Crippen molar-refractivity contribution in [1.82, 2.24) is 10.0 Å². The molecule has 9 heteroatoms. The number of ketones is 1. The summed E-state index contributed by atoms with van der Waals surface area (Å²) in [5, 5.41) is 25.4. The lowest BCUT2D eigenvalue weighted by Gasteiger charge is -2.64. The molecule has 46 heavy (non-hydrogen) atoms. The molecule has 0 spiro atoms. The Morgan fingerprint density at radius 3 is 2.37 bits per heavy atom. The van der Waals surface area contributed by atoms with E-state index >= 15 is 0 Å². The Morgan fingerprint density at radius 1 is 0.957 bits per heavy atom. The van der Waals surface area contributed by atoms with E-state index in [1.54, 1.807) is 0 Å². The highest BCUT2D eigenvalue weighted by molar-refractivity contribution is 7.90. The molecule has 262 valence electrons. The van der Waals surface area contributed by atoms with E-state index in [0.29, 0.717) is 54.9 Å². The van der Waals surface area contributed by atoms with E-state index in [2.05, 4.69) is 37.7 Å². The van der Waals surface area contributed by atoms with E-state index in [1.165, 1.54) is 0 Å². The Bertz CT molecular complexity index is 1300. The Balaban J connectivity index is 1.06. The van der Waals surface area contributed by atoms with Crippen molar-refractivity contribution >= 4 is 21.8 Å². The van der Waals surface area contributed by atoms with Crippen LogP contribution in [0.1, 0.15) is 125 Å². The first-order chi connectivity index (χ1) is 21.5. The van der Waals surface area contributed by atoms with E-state index in [1.807, 2.05) is 13.8 Å². The van der Waals surface area contributed by atoms with Gasteiger partial charge in [-0.05, 0) is 128 Å². The molecule has 1 unspecified atom stereocenters. The minimum absolute atomic E-state index is 0.0365. The zero-order valence-electron chi connectivity index (χ0n) is 29.3. The van der Waals surface area contributed by atoms with Gasteiger partial charge in [0.15, 0.2) is 0 Å². The second kappa shape index (κ2) is 12.0. The summed E-state index contributed by atoms with van der Waals surface area (Å²) in [5.74, 6) is 2.71. The van der Waals surface area contributed by atoms with E-state index in [4.69, 9.17) is 0 Å². The first-order valence-corrected chi connectivity index (χ1v) is 20.3. The minimum Gasteiger partial charge on any atom is -0.393 e. The third kappa shape index (κ3) is 5.30. The van der Waals surface area contributed by atoms with Crippen LogP contribution in [0.4, 0.5) is 4.79 Å². The fraction of sp³-hybridized carbons (Fsp3) is 0.946. The van der Waals surface area contributed by atoms with Crippen LogP contribution in [-0.4, -0.2) is 55.0 Å².